The van der Waals surface area contributed by atoms with E-state index in [1.165, 1.54) is 22.3 Å². The van der Waals surface area contributed by atoms with Crippen molar-refractivity contribution in [3.05, 3.63) is 64.7 Å². The van der Waals surface area contributed by atoms with Gasteiger partial charge in [-0.25, -0.2) is 0 Å². The standard InChI is InChI=1S/C20H26N2O/c1-15-7-8-16(2)19(13-15)20(22-11-9-21-10-12-22)17-5-4-6-18(14-17)23-3/h4-8,13-14,20-21H,9-12H2,1-3H3. The van der Waals surface area contributed by atoms with Crippen LogP contribution in [0.1, 0.15) is 28.3 Å². The molecule has 0 amide bonds. The number of methoxy groups -OCH3 is 1. The Morgan fingerprint density at radius 2 is 1.83 bits per heavy atom. The van der Waals surface area contributed by atoms with Gasteiger partial charge in [-0.1, -0.05) is 35.9 Å². The van der Waals surface area contributed by atoms with Crippen molar-refractivity contribution in [2.24, 2.45) is 0 Å². The highest BCUT2D eigenvalue weighted by Crippen LogP contribution is 2.33. The van der Waals surface area contributed by atoms with Crippen LogP contribution in [0.25, 0.3) is 0 Å². The second-order valence-electron chi connectivity index (χ2n) is 6.33. The Hall–Kier alpha value is -1.84. The van der Waals surface area contributed by atoms with E-state index in [9.17, 15) is 0 Å². The monoisotopic (exact) mass is 310 g/mol. The maximum absolute atomic E-state index is 5.45. The third-order valence-corrected chi connectivity index (χ3v) is 4.66. The molecule has 0 radical (unpaired) electrons. The van der Waals surface area contributed by atoms with Crippen molar-refractivity contribution in [1.82, 2.24) is 10.2 Å². The van der Waals surface area contributed by atoms with E-state index in [0.717, 1.165) is 31.9 Å². The van der Waals surface area contributed by atoms with Crippen molar-refractivity contribution in [1.29, 1.82) is 0 Å². The number of aryl methyl sites for hydroxylation is 2. The van der Waals surface area contributed by atoms with Gasteiger partial charge in [-0.15, -0.1) is 0 Å². The Morgan fingerprint density at radius 3 is 2.57 bits per heavy atom. The van der Waals surface area contributed by atoms with E-state index < -0.39 is 0 Å². The highest BCUT2D eigenvalue weighted by atomic mass is 16.5. The third-order valence-electron chi connectivity index (χ3n) is 4.66. The van der Waals surface area contributed by atoms with Crippen LogP contribution >= 0.6 is 0 Å². The molecule has 122 valence electrons. The molecule has 0 bridgehead atoms. The Labute approximate surface area is 139 Å². The van der Waals surface area contributed by atoms with Gasteiger partial charge in [0.25, 0.3) is 0 Å². The van der Waals surface area contributed by atoms with Crippen LogP contribution in [0.15, 0.2) is 42.5 Å². The minimum atomic E-state index is 0.284. The first-order valence-corrected chi connectivity index (χ1v) is 8.35. The summed E-state index contributed by atoms with van der Waals surface area (Å²) in [5, 5.41) is 3.45. The van der Waals surface area contributed by atoms with E-state index in [2.05, 4.69) is 60.5 Å². The molecule has 0 aliphatic carbocycles. The maximum Gasteiger partial charge on any atom is 0.119 e. The van der Waals surface area contributed by atoms with Crippen molar-refractivity contribution >= 4 is 0 Å². The van der Waals surface area contributed by atoms with Gasteiger partial charge in [-0.3, -0.25) is 4.90 Å². The Kier molecular flexibility index (Phi) is 4.99. The van der Waals surface area contributed by atoms with E-state index in [4.69, 9.17) is 4.74 Å². The van der Waals surface area contributed by atoms with Crippen molar-refractivity contribution < 1.29 is 4.74 Å². The summed E-state index contributed by atoms with van der Waals surface area (Å²) in [5.41, 5.74) is 5.37. The smallest absolute Gasteiger partial charge is 0.119 e. The van der Waals surface area contributed by atoms with Crippen LogP contribution in [0, 0.1) is 13.8 Å². The van der Waals surface area contributed by atoms with Crippen LogP contribution in [0.2, 0.25) is 0 Å². The van der Waals surface area contributed by atoms with Crippen molar-refractivity contribution in [2.45, 2.75) is 19.9 Å². The lowest BCUT2D eigenvalue weighted by Crippen LogP contribution is -2.45. The molecule has 2 aromatic carbocycles. The van der Waals surface area contributed by atoms with Gasteiger partial charge < -0.3 is 10.1 Å². The molecule has 23 heavy (non-hydrogen) atoms. The average Bonchev–Trinajstić information content (AvgIpc) is 2.59. The largest absolute Gasteiger partial charge is 0.497 e. The topological polar surface area (TPSA) is 24.5 Å². The number of ether oxygens (including phenoxy) is 1. The predicted octanol–water partition coefficient (Wildman–Crippen LogP) is 3.31. The van der Waals surface area contributed by atoms with Gasteiger partial charge in [0.1, 0.15) is 5.75 Å². The van der Waals surface area contributed by atoms with E-state index >= 15 is 0 Å². The quantitative estimate of drug-likeness (QED) is 0.938. The molecule has 0 spiro atoms. The molecule has 1 N–H and O–H groups in total. The molecule has 1 aliphatic heterocycles. The number of hydrogen-bond donors (Lipinski definition) is 1. The first-order chi connectivity index (χ1) is 11.2. The molecule has 3 rings (SSSR count). The lowest BCUT2D eigenvalue weighted by molar-refractivity contribution is 0.197. The van der Waals surface area contributed by atoms with Crippen LogP contribution in [-0.2, 0) is 0 Å². The SMILES string of the molecule is COc1cccc(C(c2cc(C)ccc2C)N2CCNCC2)c1. The molecule has 1 unspecified atom stereocenters. The molecule has 0 saturated carbocycles. The Morgan fingerprint density at radius 1 is 1.04 bits per heavy atom. The third kappa shape index (κ3) is 3.57. The molecular weight excluding hydrogens is 284 g/mol. The summed E-state index contributed by atoms with van der Waals surface area (Å²) >= 11 is 0. The fourth-order valence-corrected chi connectivity index (χ4v) is 3.39. The second-order valence-corrected chi connectivity index (χ2v) is 6.33. The number of nitrogens with one attached hydrogen (secondary N) is 1. The zero-order valence-electron chi connectivity index (χ0n) is 14.3. The van der Waals surface area contributed by atoms with Gasteiger partial charge in [-0.2, -0.15) is 0 Å². The van der Waals surface area contributed by atoms with Gasteiger partial charge in [0.15, 0.2) is 0 Å². The molecular formula is C20H26N2O. The molecule has 1 saturated heterocycles. The highest BCUT2D eigenvalue weighted by Gasteiger charge is 2.25. The van der Waals surface area contributed by atoms with Gasteiger partial charge in [0.2, 0.25) is 0 Å². The van der Waals surface area contributed by atoms with Crippen molar-refractivity contribution in [3.8, 4) is 5.75 Å². The van der Waals surface area contributed by atoms with E-state index in [0.29, 0.717) is 0 Å². The molecule has 1 fully saturated rings. The van der Waals surface area contributed by atoms with Crippen LogP contribution in [-0.4, -0.2) is 38.2 Å². The van der Waals surface area contributed by atoms with E-state index in [1.807, 2.05) is 6.07 Å². The van der Waals surface area contributed by atoms with E-state index in [1.54, 1.807) is 7.11 Å². The summed E-state index contributed by atoms with van der Waals surface area (Å²) in [6.07, 6.45) is 0. The Bertz CT molecular complexity index is 662. The fraction of sp³-hybridized carbons (Fsp3) is 0.400. The minimum absolute atomic E-state index is 0.284. The summed E-state index contributed by atoms with van der Waals surface area (Å²) in [6, 6.07) is 15.6. The number of nitrogens with zero attached hydrogens (tertiary/aromatic N) is 1. The average molecular weight is 310 g/mol. The summed E-state index contributed by atoms with van der Waals surface area (Å²) in [6.45, 7) is 8.61. The molecule has 1 heterocycles. The fourth-order valence-electron chi connectivity index (χ4n) is 3.39. The number of piperazine rings is 1. The van der Waals surface area contributed by atoms with Crippen molar-refractivity contribution in [3.63, 3.8) is 0 Å². The molecule has 1 aliphatic rings. The van der Waals surface area contributed by atoms with Crippen LogP contribution in [0.5, 0.6) is 5.75 Å². The van der Waals surface area contributed by atoms with Gasteiger partial charge in [0, 0.05) is 26.2 Å². The van der Waals surface area contributed by atoms with Gasteiger partial charge in [-0.05, 0) is 42.7 Å². The summed E-state index contributed by atoms with van der Waals surface area (Å²) in [7, 11) is 1.73. The van der Waals surface area contributed by atoms with E-state index in [-0.39, 0.29) is 6.04 Å². The molecule has 3 nitrogen and oxygen atoms in total. The molecule has 0 aromatic heterocycles. The summed E-state index contributed by atoms with van der Waals surface area (Å²) < 4.78 is 5.45. The Balaban J connectivity index is 2.07. The van der Waals surface area contributed by atoms with Crippen LogP contribution in [0.3, 0.4) is 0 Å². The predicted molar refractivity (Wildman–Crippen MR) is 95.2 cm³/mol. The lowest BCUT2D eigenvalue weighted by atomic mass is 9.91. The zero-order valence-corrected chi connectivity index (χ0v) is 14.3. The molecule has 2 aromatic rings. The normalized spacial score (nSPS) is 17.0. The number of rotatable bonds is 4. The first-order valence-electron chi connectivity index (χ1n) is 8.35. The first kappa shape index (κ1) is 16.0. The highest BCUT2D eigenvalue weighted by molar-refractivity contribution is 5.41. The number of hydrogen-bond acceptors (Lipinski definition) is 3. The zero-order chi connectivity index (χ0) is 16.2. The minimum Gasteiger partial charge on any atom is -0.497 e. The van der Waals surface area contributed by atoms with Gasteiger partial charge in [0.05, 0.1) is 13.2 Å². The van der Waals surface area contributed by atoms with Crippen molar-refractivity contribution in [2.75, 3.05) is 33.3 Å². The number of benzene rings is 2. The second kappa shape index (κ2) is 7.16. The molecule has 3 heteroatoms. The molecule has 1 atom stereocenters. The summed E-state index contributed by atoms with van der Waals surface area (Å²) in [5.74, 6) is 0.924. The van der Waals surface area contributed by atoms with Gasteiger partial charge >= 0.3 is 0 Å². The maximum atomic E-state index is 5.45. The van der Waals surface area contributed by atoms with Crippen LogP contribution in [0.4, 0.5) is 0 Å². The summed E-state index contributed by atoms with van der Waals surface area (Å²) in [4.78, 5) is 2.58. The lowest BCUT2D eigenvalue weighted by Gasteiger charge is -2.36. The van der Waals surface area contributed by atoms with Crippen LogP contribution < -0.4 is 10.1 Å².